The van der Waals surface area contributed by atoms with E-state index in [2.05, 4.69) is 21.5 Å². The number of amides is 1. The van der Waals surface area contributed by atoms with Gasteiger partial charge in [0.1, 0.15) is 0 Å². The van der Waals surface area contributed by atoms with Crippen molar-refractivity contribution in [1.82, 2.24) is 15.5 Å². The fourth-order valence-electron chi connectivity index (χ4n) is 1.95. The van der Waals surface area contributed by atoms with Gasteiger partial charge < -0.3 is 14.3 Å². The third-order valence-corrected chi connectivity index (χ3v) is 3.99. The van der Waals surface area contributed by atoms with Gasteiger partial charge >= 0.3 is 0 Å². The van der Waals surface area contributed by atoms with E-state index in [1.54, 1.807) is 29.7 Å². The van der Waals surface area contributed by atoms with Gasteiger partial charge in [0.05, 0.1) is 6.26 Å². The summed E-state index contributed by atoms with van der Waals surface area (Å²) in [6.07, 6.45) is 3.14. The van der Waals surface area contributed by atoms with E-state index in [1.807, 2.05) is 11.4 Å². The molecule has 22 heavy (non-hydrogen) atoms. The average Bonchev–Trinajstić information content (AvgIpc) is 3.26. The Bertz CT molecular complexity index is 704. The normalized spacial score (nSPS) is 10.7. The molecule has 3 heterocycles. The summed E-state index contributed by atoms with van der Waals surface area (Å²) in [5.74, 6) is 1.36. The predicted octanol–water partition coefficient (Wildman–Crippen LogP) is 2.68. The van der Waals surface area contributed by atoms with Gasteiger partial charge in [0.25, 0.3) is 0 Å². The van der Waals surface area contributed by atoms with E-state index in [9.17, 15) is 4.79 Å². The number of nitrogens with zero attached hydrogens (tertiary/aromatic N) is 2. The Morgan fingerprint density at radius 1 is 1.27 bits per heavy atom. The van der Waals surface area contributed by atoms with Gasteiger partial charge in [0.15, 0.2) is 5.76 Å². The monoisotopic (exact) mass is 317 g/mol. The molecule has 0 spiro atoms. The molecule has 7 heteroatoms. The van der Waals surface area contributed by atoms with Crippen molar-refractivity contribution in [3.05, 3.63) is 46.7 Å². The first-order valence-corrected chi connectivity index (χ1v) is 7.85. The van der Waals surface area contributed by atoms with E-state index >= 15 is 0 Å². The fourth-order valence-corrected chi connectivity index (χ4v) is 2.66. The van der Waals surface area contributed by atoms with Crippen molar-refractivity contribution < 1.29 is 13.7 Å². The first kappa shape index (κ1) is 14.5. The van der Waals surface area contributed by atoms with Crippen LogP contribution in [-0.4, -0.2) is 22.6 Å². The van der Waals surface area contributed by atoms with Gasteiger partial charge in [-0.1, -0.05) is 11.2 Å². The number of hydrogen-bond donors (Lipinski definition) is 1. The van der Waals surface area contributed by atoms with Gasteiger partial charge in [-0.3, -0.25) is 4.79 Å². The minimum absolute atomic E-state index is 0.0192. The molecule has 0 aliphatic carbocycles. The van der Waals surface area contributed by atoms with Crippen molar-refractivity contribution in [3.8, 4) is 11.6 Å². The SMILES string of the molecule is O=C(CCc1nc(-c2ccco2)no1)NCCc1cccs1. The zero-order chi connectivity index (χ0) is 15.2. The van der Waals surface area contributed by atoms with Crippen molar-refractivity contribution in [3.63, 3.8) is 0 Å². The Hall–Kier alpha value is -2.41. The summed E-state index contributed by atoms with van der Waals surface area (Å²) in [6, 6.07) is 7.58. The third-order valence-electron chi connectivity index (χ3n) is 3.05. The lowest BCUT2D eigenvalue weighted by molar-refractivity contribution is -0.121. The van der Waals surface area contributed by atoms with Crippen LogP contribution in [0.4, 0.5) is 0 Å². The van der Waals surface area contributed by atoms with Gasteiger partial charge in [0, 0.05) is 24.3 Å². The van der Waals surface area contributed by atoms with Crippen LogP contribution in [-0.2, 0) is 17.6 Å². The second-order valence-electron chi connectivity index (χ2n) is 4.67. The lowest BCUT2D eigenvalue weighted by Gasteiger charge is -2.02. The van der Waals surface area contributed by atoms with Crippen molar-refractivity contribution >= 4 is 17.2 Å². The van der Waals surface area contributed by atoms with E-state index < -0.39 is 0 Å². The molecule has 1 amide bonds. The second kappa shape index (κ2) is 7.04. The van der Waals surface area contributed by atoms with Crippen molar-refractivity contribution in [2.75, 3.05) is 6.54 Å². The first-order valence-electron chi connectivity index (χ1n) is 6.97. The van der Waals surface area contributed by atoms with Gasteiger partial charge in [-0.2, -0.15) is 4.98 Å². The van der Waals surface area contributed by atoms with Crippen LogP contribution in [0.1, 0.15) is 17.2 Å². The van der Waals surface area contributed by atoms with Crippen molar-refractivity contribution in [1.29, 1.82) is 0 Å². The Kier molecular flexibility index (Phi) is 4.65. The minimum atomic E-state index is -0.0192. The molecular formula is C15H15N3O3S. The Labute approximate surface area is 131 Å². The molecule has 3 rings (SSSR count). The van der Waals surface area contributed by atoms with E-state index in [0.29, 0.717) is 36.9 Å². The zero-order valence-corrected chi connectivity index (χ0v) is 12.6. The summed E-state index contributed by atoms with van der Waals surface area (Å²) < 4.78 is 10.3. The molecule has 0 fully saturated rings. The highest BCUT2D eigenvalue weighted by molar-refractivity contribution is 7.09. The number of nitrogens with one attached hydrogen (secondary N) is 1. The molecule has 0 radical (unpaired) electrons. The van der Waals surface area contributed by atoms with Crippen molar-refractivity contribution in [2.24, 2.45) is 0 Å². The first-order chi connectivity index (χ1) is 10.8. The summed E-state index contributed by atoms with van der Waals surface area (Å²) in [5, 5.41) is 8.74. The molecule has 6 nitrogen and oxygen atoms in total. The van der Waals surface area contributed by atoms with Crippen LogP contribution in [0.3, 0.4) is 0 Å². The molecule has 0 aliphatic rings. The molecule has 0 atom stereocenters. The minimum Gasteiger partial charge on any atom is -0.461 e. The molecule has 0 saturated heterocycles. The molecule has 0 aliphatic heterocycles. The maximum atomic E-state index is 11.8. The Morgan fingerprint density at radius 2 is 2.23 bits per heavy atom. The molecule has 1 N–H and O–H groups in total. The summed E-state index contributed by atoms with van der Waals surface area (Å²) in [5.41, 5.74) is 0. The van der Waals surface area contributed by atoms with Gasteiger partial charge in [-0.25, -0.2) is 0 Å². The topological polar surface area (TPSA) is 81.2 Å². The molecule has 0 aromatic carbocycles. The fraction of sp³-hybridized carbons (Fsp3) is 0.267. The van der Waals surface area contributed by atoms with Crippen LogP contribution in [0.25, 0.3) is 11.6 Å². The van der Waals surface area contributed by atoms with Crippen LogP contribution in [0, 0.1) is 0 Å². The maximum absolute atomic E-state index is 11.8. The van der Waals surface area contributed by atoms with Crippen LogP contribution < -0.4 is 5.32 Å². The highest BCUT2D eigenvalue weighted by atomic mass is 32.1. The van der Waals surface area contributed by atoms with Gasteiger partial charge in [-0.15, -0.1) is 11.3 Å². The van der Waals surface area contributed by atoms with Crippen LogP contribution in [0.2, 0.25) is 0 Å². The lowest BCUT2D eigenvalue weighted by atomic mass is 10.3. The zero-order valence-electron chi connectivity index (χ0n) is 11.8. The van der Waals surface area contributed by atoms with Crippen LogP contribution in [0.15, 0.2) is 44.8 Å². The van der Waals surface area contributed by atoms with Crippen LogP contribution in [0.5, 0.6) is 0 Å². The average molecular weight is 317 g/mol. The highest BCUT2D eigenvalue weighted by Gasteiger charge is 2.12. The van der Waals surface area contributed by atoms with Crippen LogP contribution >= 0.6 is 11.3 Å². The van der Waals surface area contributed by atoms with Gasteiger partial charge in [-0.05, 0) is 30.0 Å². The standard InChI is InChI=1S/C15H15N3O3S/c19-13(16-8-7-11-3-2-10-22-11)5-6-14-17-15(18-21-14)12-4-1-9-20-12/h1-4,9-10H,5-8H2,(H,16,19). The second-order valence-corrected chi connectivity index (χ2v) is 5.70. The summed E-state index contributed by atoms with van der Waals surface area (Å²) in [4.78, 5) is 17.2. The van der Waals surface area contributed by atoms with E-state index in [0.717, 1.165) is 6.42 Å². The molecule has 0 saturated carbocycles. The van der Waals surface area contributed by atoms with Gasteiger partial charge in [0.2, 0.25) is 17.6 Å². The lowest BCUT2D eigenvalue weighted by Crippen LogP contribution is -2.25. The predicted molar refractivity (Wildman–Crippen MR) is 81.4 cm³/mol. The molecule has 3 aromatic heterocycles. The maximum Gasteiger partial charge on any atom is 0.238 e. The summed E-state index contributed by atoms with van der Waals surface area (Å²) in [6.45, 7) is 0.640. The highest BCUT2D eigenvalue weighted by Crippen LogP contribution is 2.16. The molecule has 114 valence electrons. The number of carbonyl (C=O) groups excluding carboxylic acids is 1. The Balaban J connectivity index is 1.41. The quantitative estimate of drug-likeness (QED) is 0.724. The number of aromatic nitrogens is 2. The summed E-state index contributed by atoms with van der Waals surface area (Å²) in [7, 11) is 0. The van der Waals surface area contributed by atoms with Crippen molar-refractivity contribution in [2.45, 2.75) is 19.3 Å². The smallest absolute Gasteiger partial charge is 0.238 e. The number of rotatable bonds is 7. The number of aryl methyl sites for hydroxylation is 1. The third kappa shape index (κ3) is 3.82. The molecular weight excluding hydrogens is 302 g/mol. The van der Waals surface area contributed by atoms with E-state index in [4.69, 9.17) is 8.94 Å². The summed E-state index contributed by atoms with van der Waals surface area (Å²) >= 11 is 1.69. The van der Waals surface area contributed by atoms with E-state index in [1.165, 1.54) is 4.88 Å². The largest absolute Gasteiger partial charge is 0.461 e. The number of furan rings is 1. The Morgan fingerprint density at radius 3 is 3.00 bits per heavy atom. The number of thiophene rings is 1. The molecule has 0 unspecified atom stereocenters. The molecule has 3 aromatic rings. The number of hydrogen-bond acceptors (Lipinski definition) is 6. The molecule has 0 bridgehead atoms. The number of carbonyl (C=O) groups is 1. The van der Waals surface area contributed by atoms with E-state index in [-0.39, 0.29) is 5.91 Å².